The highest BCUT2D eigenvalue weighted by Crippen LogP contribution is 2.32. The van der Waals surface area contributed by atoms with Crippen molar-refractivity contribution in [1.29, 1.82) is 0 Å². The van der Waals surface area contributed by atoms with E-state index in [9.17, 15) is 4.79 Å². The van der Waals surface area contributed by atoms with E-state index in [1.54, 1.807) is 18.2 Å². The van der Waals surface area contributed by atoms with E-state index >= 15 is 0 Å². The minimum atomic E-state index is -0.0251. The Balaban J connectivity index is 1.77. The summed E-state index contributed by atoms with van der Waals surface area (Å²) >= 11 is 0. The summed E-state index contributed by atoms with van der Waals surface area (Å²) in [4.78, 5) is 11.9. The predicted molar refractivity (Wildman–Crippen MR) is 71.8 cm³/mol. The van der Waals surface area contributed by atoms with E-state index in [2.05, 4.69) is 13.8 Å². The van der Waals surface area contributed by atoms with Gasteiger partial charge in [0.25, 0.3) is 0 Å². The molecule has 0 N–H and O–H groups in total. The molecule has 1 heterocycles. The highest BCUT2D eigenvalue weighted by Gasteiger charge is 2.16. The molecule has 0 spiro atoms. The van der Waals surface area contributed by atoms with Gasteiger partial charge in [-0.2, -0.15) is 0 Å². The third-order valence-electron chi connectivity index (χ3n) is 3.00. The monoisotopic (exact) mass is 264 g/mol. The van der Waals surface area contributed by atoms with Gasteiger partial charge in [-0.3, -0.25) is 4.79 Å². The van der Waals surface area contributed by atoms with Crippen LogP contribution in [0.4, 0.5) is 0 Å². The van der Waals surface area contributed by atoms with Gasteiger partial charge in [0.2, 0.25) is 6.79 Å². The van der Waals surface area contributed by atoms with E-state index in [4.69, 9.17) is 14.2 Å². The number of rotatable bonds is 7. The van der Waals surface area contributed by atoms with Crippen LogP contribution in [0.25, 0.3) is 0 Å². The second-order valence-electron chi connectivity index (χ2n) is 5.08. The van der Waals surface area contributed by atoms with Crippen LogP contribution >= 0.6 is 0 Å². The molecular formula is C15H20O4. The Morgan fingerprint density at radius 2 is 2.11 bits per heavy atom. The van der Waals surface area contributed by atoms with Gasteiger partial charge < -0.3 is 14.2 Å². The molecule has 0 saturated carbocycles. The van der Waals surface area contributed by atoms with E-state index in [-0.39, 0.29) is 19.2 Å². The molecule has 1 aliphatic rings. The molecule has 1 aromatic carbocycles. The Morgan fingerprint density at radius 1 is 1.32 bits per heavy atom. The molecule has 2 rings (SSSR count). The number of ether oxygens (including phenoxy) is 3. The van der Waals surface area contributed by atoms with Crippen LogP contribution in [0.3, 0.4) is 0 Å². The third-order valence-corrected chi connectivity index (χ3v) is 3.00. The van der Waals surface area contributed by atoms with Gasteiger partial charge >= 0.3 is 0 Å². The minimum absolute atomic E-state index is 0.0251. The molecule has 4 nitrogen and oxygen atoms in total. The van der Waals surface area contributed by atoms with Crippen LogP contribution in [-0.4, -0.2) is 25.8 Å². The first-order valence-electron chi connectivity index (χ1n) is 6.67. The van der Waals surface area contributed by atoms with Crippen molar-refractivity contribution in [1.82, 2.24) is 0 Å². The summed E-state index contributed by atoms with van der Waals surface area (Å²) in [5, 5.41) is 0. The van der Waals surface area contributed by atoms with Gasteiger partial charge in [0.05, 0.1) is 0 Å². The van der Waals surface area contributed by atoms with Gasteiger partial charge in [-0.25, -0.2) is 0 Å². The smallest absolute Gasteiger partial charge is 0.231 e. The molecule has 0 aliphatic carbocycles. The van der Waals surface area contributed by atoms with E-state index in [0.29, 0.717) is 29.6 Å². The highest BCUT2D eigenvalue weighted by atomic mass is 16.7. The summed E-state index contributed by atoms with van der Waals surface area (Å²) in [6.07, 6.45) is 2.12. The molecule has 0 amide bonds. The predicted octanol–water partition coefficient (Wildman–Crippen LogP) is 3.05. The first-order chi connectivity index (χ1) is 9.16. The van der Waals surface area contributed by atoms with Crippen LogP contribution < -0.4 is 9.47 Å². The fraction of sp³-hybridized carbons (Fsp3) is 0.533. The first-order valence-corrected chi connectivity index (χ1v) is 6.67. The fourth-order valence-electron chi connectivity index (χ4n) is 1.91. The number of hydrogen-bond acceptors (Lipinski definition) is 4. The van der Waals surface area contributed by atoms with Crippen LogP contribution in [-0.2, 0) is 4.74 Å². The number of carbonyl (C=O) groups is 1. The lowest BCUT2D eigenvalue weighted by Crippen LogP contribution is -2.10. The Kier molecular flexibility index (Phi) is 4.80. The zero-order valence-electron chi connectivity index (χ0n) is 11.5. The summed E-state index contributed by atoms with van der Waals surface area (Å²) < 4.78 is 15.8. The average Bonchev–Trinajstić information content (AvgIpc) is 2.84. The van der Waals surface area contributed by atoms with E-state index < -0.39 is 0 Å². The molecule has 0 bridgehead atoms. The van der Waals surface area contributed by atoms with Gasteiger partial charge in [0, 0.05) is 12.2 Å². The van der Waals surface area contributed by atoms with Gasteiger partial charge in [0.15, 0.2) is 17.3 Å². The Bertz CT molecular complexity index is 440. The van der Waals surface area contributed by atoms with Gasteiger partial charge in [-0.15, -0.1) is 0 Å². The second kappa shape index (κ2) is 6.57. The number of carbonyl (C=O) groups excluding carboxylic acids is 1. The molecule has 1 aliphatic heterocycles. The number of benzene rings is 1. The van der Waals surface area contributed by atoms with Crippen molar-refractivity contribution in [2.45, 2.75) is 26.7 Å². The van der Waals surface area contributed by atoms with Crippen molar-refractivity contribution in [3.63, 3.8) is 0 Å². The first kappa shape index (κ1) is 13.9. The number of Topliss-reactive ketones (excluding diaryl/α,β-unsaturated/α-hetero) is 1. The van der Waals surface area contributed by atoms with E-state index in [1.807, 2.05) is 0 Å². The van der Waals surface area contributed by atoms with Gasteiger partial charge in [-0.05, 0) is 37.0 Å². The molecule has 0 unspecified atom stereocenters. The Labute approximate surface area is 113 Å². The number of fused-ring (bicyclic) bond motifs is 1. The number of ketones is 1. The van der Waals surface area contributed by atoms with Crippen LogP contribution in [0.2, 0.25) is 0 Å². The lowest BCUT2D eigenvalue weighted by atomic mass is 10.1. The molecule has 0 atom stereocenters. The van der Waals surface area contributed by atoms with Crippen molar-refractivity contribution in [2.24, 2.45) is 5.92 Å². The van der Waals surface area contributed by atoms with Crippen LogP contribution in [0.15, 0.2) is 18.2 Å². The molecule has 104 valence electrons. The van der Waals surface area contributed by atoms with Crippen molar-refractivity contribution >= 4 is 5.78 Å². The average molecular weight is 264 g/mol. The van der Waals surface area contributed by atoms with Crippen LogP contribution in [0.1, 0.15) is 37.0 Å². The maximum atomic E-state index is 11.9. The molecular weight excluding hydrogens is 244 g/mol. The van der Waals surface area contributed by atoms with E-state index in [0.717, 1.165) is 12.8 Å². The lowest BCUT2D eigenvalue weighted by molar-refractivity contribution is 0.0748. The zero-order chi connectivity index (χ0) is 13.7. The Hall–Kier alpha value is -1.55. The summed E-state index contributed by atoms with van der Waals surface area (Å²) in [5.41, 5.74) is 0.605. The fourth-order valence-corrected chi connectivity index (χ4v) is 1.91. The van der Waals surface area contributed by atoms with Crippen molar-refractivity contribution in [3.8, 4) is 11.5 Å². The molecule has 0 radical (unpaired) electrons. The Morgan fingerprint density at radius 3 is 2.89 bits per heavy atom. The molecule has 4 heteroatoms. The number of hydrogen-bond donors (Lipinski definition) is 0. The van der Waals surface area contributed by atoms with Gasteiger partial charge in [0.1, 0.15) is 6.61 Å². The topological polar surface area (TPSA) is 44.8 Å². The molecule has 0 fully saturated rings. The van der Waals surface area contributed by atoms with Crippen LogP contribution in [0, 0.1) is 5.92 Å². The summed E-state index contributed by atoms with van der Waals surface area (Å²) in [7, 11) is 0. The quantitative estimate of drug-likeness (QED) is 0.561. The highest BCUT2D eigenvalue weighted by molar-refractivity contribution is 5.97. The summed E-state index contributed by atoms with van der Waals surface area (Å²) in [5.74, 6) is 1.97. The largest absolute Gasteiger partial charge is 0.454 e. The lowest BCUT2D eigenvalue weighted by Gasteiger charge is -2.06. The van der Waals surface area contributed by atoms with Crippen molar-refractivity contribution in [3.05, 3.63) is 23.8 Å². The third kappa shape index (κ3) is 3.96. The zero-order valence-corrected chi connectivity index (χ0v) is 11.5. The molecule has 0 saturated heterocycles. The van der Waals surface area contributed by atoms with Crippen molar-refractivity contribution in [2.75, 3.05) is 20.0 Å². The maximum Gasteiger partial charge on any atom is 0.231 e. The second-order valence-corrected chi connectivity index (χ2v) is 5.08. The molecule has 1 aromatic rings. The van der Waals surface area contributed by atoms with Crippen LogP contribution in [0.5, 0.6) is 11.5 Å². The minimum Gasteiger partial charge on any atom is -0.454 e. The van der Waals surface area contributed by atoms with Gasteiger partial charge in [-0.1, -0.05) is 13.8 Å². The molecule has 19 heavy (non-hydrogen) atoms. The van der Waals surface area contributed by atoms with E-state index in [1.165, 1.54) is 0 Å². The standard InChI is InChI=1S/C15H20O4/c1-11(2)4-3-7-17-9-13(16)12-5-6-14-15(8-12)19-10-18-14/h5-6,8,11H,3-4,7,9-10H2,1-2H3. The summed E-state index contributed by atoms with van der Waals surface area (Å²) in [6.45, 7) is 5.33. The normalized spacial score (nSPS) is 13.0. The molecule has 0 aromatic heterocycles. The maximum absolute atomic E-state index is 11.9. The van der Waals surface area contributed by atoms with Crippen molar-refractivity contribution < 1.29 is 19.0 Å². The summed E-state index contributed by atoms with van der Waals surface area (Å²) in [6, 6.07) is 5.21. The SMILES string of the molecule is CC(C)CCCOCC(=O)c1ccc2c(c1)OCO2.